The van der Waals surface area contributed by atoms with Gasteiger partial charge in [-0.1, -0.05) is 30.3 Å². The number of hydrogen-bond acceptors (Lipinski definition) is 4. The molecule has 0 spiro atoms. The number of aromatic nitrogens is 2. The normalized spacial score (nSPS) is 19.5. The van der Waals surface area contributed by atoms with E-state index in [-0.39, 0.29) is 0 Å². The Hall–Kier alpha value is -1.99. The minimum Gasteiger partial charge on any atom is -0.299 e. The first-order valence-corrected chi connectivity index (χ1v) is 9.88. The molecule has 3 heterocycles. The van der Waals surface area contributed by atoms with Gasteiger partial charge in [0.2, 0.25) is 5.82 Å². The van der Waals surface area contributed by atoms with Crippen molar-refractivity contribution in [1.82, 2.24) is 19.8 Å². The third kappa shape index (κ3) is 4.70. The SMILES string of the molecule is FC(F)(F)c1ncc2c(n1)CN(CC1CCN(Cc3ccccc3)CC1)CC2. The van der Waals surface area contributed by atoms with Gasteiger partial charge in [0.05, 0.1) is 5.69 Å². The Kier molecular flexibility index (Phi) is 5.64. The summed E-state index contributed by atoms with van der Waals surface area (Å²) in [7, 11) is 0. The van der Waals surface area contributed by atoms with E-state index in [9.17, 15) is 13.2 Å². The van der Waals surface area contributed by atoms with Crippen molar-refractivity contribution < 1.29 is 13.2 Å². The highest BCUT2D eigenvalue weighted by Crippen LogP contribution is 2.28. The highest BCUT2D eigenvalue weighted by atomic mass is 19.4. The van der Waals surface area contributed by atoms with Crippen LogP contribution in [0.25, 0.3) is 0 Å². The third-order valence-corrected chi connectivity index (χ3v) is 5.75. The molecule has 0 N–H and O–H groups in total. The molecule has 0 atom stereocenters. The quantitative estimate of drug-likeness (QED) is 0.796. The van der Waals surface area contributed by atoms with Crippen molar-refractivity contribution in [2.24, 2.45) is 5.92 Å². The van der Waals surface area contributed by atoms with Crippen molar-refractivity contribution in [2.75, 3.05) is 26.2 Å². The van der Waals surface area contributed by atoms with E-state index in [1.54, 1.807) is 0 Å². The Morgan fingerprint density at radius 1 is 1.00 bits per heavy atom. The van der Waals surface area contributed by atoms with Crippen LogP contribution in [0.1, 0.15) is 35.5 Å². The lowest BCUT2D eigenvalue weighted by Crippen LogP contribution is -2.40. The average Bonchev–Trinajstić information content (AvgIpc) is 2.69. The number of hydrogen-bond donors (Lipinski definition) is 0. The number of piperidine rings is 1. The van der Waals surface area contributed by atoms with Crippen LogP contribution in [0.5, 0.6) is 0 Å². The monoisotopic (exact) mass is 390 g/mol. The third-order valence-electron chi connectivity index (χ3n) is 5.75. The van der Waals surface area contributed by atoms with E-state index < -0.39 is 12.0 Å². The number of rotatable bonds is 4. The highest BCUT2D eigenvalue weighted by molar-refractivity contribution is 5.21. The Bertz CT molecular complexity index is 786. The van der Waals surface area contributed by atoms with Crippen molar-refractivity contribution >= 4 is 0 Å². The lowest BCUT2D eigenvalue weighted by molar-refractivity contribution is -0.145. The zero-order chi connectivity index (χ0) is 19.6. The van der Waals surface area contributed by atoms with Gasteiger partial charge in [-0.05, 0) is 49.4 Å². The lowest BCUT2D eigenvalue weighted by atomic mass is 9.94. The molecule has 2 aliphatic heterocycles. The first-order valence-electron chi connectivity index (χ1n) is 9.88. The average molecular weight is 390 g/mol. The van der Waals surface area contributed by atoms with Crippen LogP contribution < -0.4 is 0 Å². The van der Waals surface area contributed by atoms with E-state index in [4.69, 9.17) is 0 Å². The Balaban J connectivity index is 1.29. The number of nitrogens with zero attached hydrogens (tertiary/aromatic N) is 4. The summed E-state index contributed by atoms with van der Waals surface area (Å²) in [4.78, 5) is 12.0. The number of benzene rings is 1. The van der Waals surface area contributed by atoms with E-state index in [0.717, 1.165) is 57.5 Å². The van der Waals surface area contributed by atoms with E-state index >= 15 is 0 Å². The Morgan fingerprint density at radius 3 is 2.46 bits per heavy atom. The number of likely N-dealkylation sites (tertiary alicyclic amines) is 1. The molecule has 0 aliphatic carbocycles. The van der Waals surface area contributed by atoms with Crippen LogP contribution in [-0.2, 0) is 25.7 Å². The molecule has 2 aliphatic rings. The van der Waals surface area contributed by atoms with Gasteiger partial charge in [-0.25, -0.2) is 9.97 Å². The van der Waals surface area contributed by atoms with Crippen LogP contribution in [0.2, 0.25) is 0 Å². The second kappa shape index (κ2) is 8.17. The van der Waals surface area contributed by atoms with Crippen LogP contribution in [-0.4, -0.2) is 45.9 Å². The maximum absolute atomic E-state index is 12.9. The Labute approximate surface area is 163 Å². The molecule has 7 heteroatoms. The first-order chi connectivity index (χ1) is 13.5. The maximum Gasteiger partial charge on any atom is 0.451 e. The van der Waals surface area contributed by atoms with Crippen LogP contribution >= 0.6 is 0 Å². The molecule has 4 rings (SSSR count). The fourth-order valence-electron chi connectivity index (χ4n) is 4.18. The van der Waals surface area contributed by atoms with Crippen molar-refractivity contribution in [2.45, 2.75) is 38.5 Å². The first kappa shape index (κ1) is 19.3. The summed E-state index contributed by atoms with van der Waals surface area (Å²) < 4.78 is 38.6. The molecule has 4 nitrogen and oxygen atoms in total. The summed E-state index contributed by atoms with van der Waals surface area (Å²) in [5, 5.41) is 0. The fourth-order valence-corrected chi connectivity index (χ4v) is 4.18. The smallest absolute Gasteiger partial charge is 0.299 e. The van der Waals surface area contributed by atoms with Gasteiger partial charge in [-0.15, -0.1) is 0 Å². The number of fused-ring (bicyclic) bond motifs is 1. The zero-order valence-electron chi connectivity index (χ0n) is 15.8. The van der Waals surface area contributed by atoms with Crippen LogP contribution in [0.4, 0.5) is 13.2 Å². The number of halogens is 3. The van der Waals surface area contributed by atoms with Gasteiger partial charge >= 0.3 is 6.18 Å². The minimum atomic E-state index is -4.48. The molecule has 150 valence electrons. The molecule has 1 aromatic heterocycles. The van der Waals surface area contributed by atoms with Gasteiger partial charge in [0.25, 0.3) is 0 Å². The minimum absolute atomic E-state index is 0.491. The fraction of sp³-hybridized carbons (Fsp3) is 0.524. The van der Waals surface area contributed by atoms with E-state index in [2.05, 4.69) is 44.0 Å². The lowest BCUT2D eigenvalue weighted by Gasteiger charge is -2.36. The summed E-state index contributed by atoms with van der Waals surface area (Å²) >= 11 is 0. The molecule has 1 saturated heterocycles. The molecule has 0 unspecified atom stereocenters. The van der Waals surface area contributed by atoms with Gasteiger partial charge in [0.15, 0.2) is 0 Å². The maximum atomic E-state index is 12.9. The second-order valence-electron chi connectivity index (χ2n) is 7.85. The second-order valence-corrected chi connectivity index (χ2v) is 7.85. The predicted octanol–water partition coefficient (Wildman–Crippen LogP) is 3.77. The molecule has 0 amide bonds. The van der Waals surface area contributed by atoms with Crippen LogP contribution in [0.15, 0.2) is 36.5 Å². The molecule has 0 bridgehead atoms. The summed E-state index contributed by atoms with van der Waals surface area (Å²) in [6.07, 6.45) is -0.144. The molecule has 2 aromatic rings. The largest absolute Gasteiger partial charge is 0.451 e. The van der Waals surface area contributed by atoms with Crippen molar-refractivity contribution in [3.05, 3.63) is 59.2 Å². The van der Waals surface area contributed by atoms with E-state index in [1.807, 2.05) is 6.07 Å². The van der Waals surface area contributed by atoms with Crippen molar-refractivity contribution in [3.8, 4) is 0 Å². The van der Waals surface area contributed by atoms with Gasteiger partial charge < -0.3 is 0 Å². The molecule has 0 saturated carbocycles. The molecule has 1 fully saturated rings. The van der Waals surface area contributed by atoms with Crippen LogP contribution in [0, 0.1) is 5.92 Å². The topological polar surface area (TPSA) is 32.3 Å². The van der Waals surface area contributed by atoms with Gasteiger partial charge in [0, 0.05) is 32.4 Å². The molecular formula is C21H25F3N4. The van der Waals surface area contributed by atoms with E-state index in [1.165, 1.54) is 11.8 Å². The molecule has 0 radical (unpaired) electrons. The highest BCUT2D eigenvalue weighted by Gasteiger charge is 2.36. The molecule has 28 heavy (non-hydrogen) atoms. The van der Waals surface area contributed by atoms with Crippen molar-refractivity contribution in [3.63, 3.8) is 0 Å². The molecule has 1 aromatic carbocycles. The van der Waals surface area contributed by atoms with E-state index in [0.29, 0.717) is 18.2 Å². The predicted molar refractivity (Wildman–Crippen MR) is 100 cm³/mol. The summed E-state index contributed by atoms with van der Waals surface area (Å²) in [5.41, 5.74) is 2.73. The number of alkyl halides is 3. The molecular weight excluding hydrogens is 365 g/mol. The Morgan fingerprint density at radius 2 is 1.75 bits per heavy atom. The van der Waals surface area contributed by atoms with Gasteiger partial charge in [-0.2, -0.15) is 13.2 Å². The summed E-state index contributed by atoms with van der Waals surface area (Å²) in [6, 6.07) is 10.5. The van der Waals surface area contributed by atoms with Gasteiger partial charge in [-0.3, -0.25) is 9.80 Å². The van der Waals surface area contributed by atoms with Gasteiger partial charge in [0.1, 0.15) is 0 Å². The summed E-state index contributed by atoms with van der Waals surface area (Å²) in [6.45, 7) is 5.43. The van der Waals surface area contributed by atoms with Crippen LogP contribution in [0.3, 0.4) is 0 Å². The summed E-state index contributed by atoms with van der Waals surface area (Å²) in [5.74, 6) is -0.431. The zero-order valence-corrected chi connectivity index (χ0v) is 15.8. The van der Waals surface area contributed by atoms with Crippen molar-refractivity contribution in [1.29, 1.82) is 0 Å². The standard InChI is InChI=1S/C21H25F3N4/c22-21(23,24)20-25-12-18-8-11-28(15-19(18)26-20)14-17-6-9-27(10-7-17)13-16-4-2-1-3-5-16/h1-5,12,17H,6-11,13-15H2.